The van der Waals surface area contributed by atoms with Gasteiger partial charge in [-0.25, -0.2) is 5.43 Å². The highest BCUT2D eigenvalue weighted by molar-refractivity contribution is 5.95. The smallest absolute Gasteiger partial charge is 0.271 e. The molecule has 2 N–H and O–H groups in total. The minimum atomic E-state index is -0.338. The number of aromatic nitrogens is 1. The minimum Gasteiger partial charge on any atom is -0.507 e. The second-order valence-corrected chi connectivity index (χ2v) is 4.28. The highest BCUT2D eigenvalue weighted by Crippen LogP contribution is 2.21. The molecule has 21 heavy (non-hydrogen) atoms. The summed E-state index contributed by atoms with van der Waals surface area (Å²) in [5.41, 5.74) is 4.15. The molecule has 0 aliphatic rings. The van der Waals surface area contributed by atoms with Crippen molar-refractivity contribution in [1.29, 1.82) is 0 Å². The van der Waals surface area contributed by atoms with E-state index in [2.05, 4.69) is 22.1 Å². The highest BCUT2D eigenvalue weighted by Gasteiger charge is 2.05. The summed E-state index contributed by atoms with van der Waals surface area (Å²) in [7, 11) is 0. The van der Waals surface area contributed by atoms with E-state index >= 15 is 0 Å². The van der Waals surface area contributed by atoms with Crippen molar-refractivity contribution >= 4 is 12.1 Å². The van der Waals surface area contributed by atoms with Gasteiger partial charge in [-0.2, -0.15) is 5.10 Å². The van der Waals surface area contributed by atoms with Crippen LogP contribution in [0.3, 0.4) is 0 Å². The lowest BCUT2D eigenvalue weighted by atomic mass is 10.1. The Kier molecular flexibility index (Phi) is 4.82. The van der Waals surface area contributed by atoms with Crippen LogP contribution in [0.4, 0.5) is 0 Å². The lowest BCUT2D eigenvalue weighted by molar-refractivity contribution is 0.0955. The molecule has 106 valence electrons. The van der Waals surface area contributed by atoms with Crippen LogP contribution in [0, 0.1) is 0 Å². The van der Waals surface area contributed by atoms with Crippen LogP contribution in [0.1, 0.15) is 21.5 Å². The molecule has 0 saturated heterocycles. The molecule has 1 aromatic carbocycles. The summed E-state index contributed by atoms with van der Waals surface area (Å²) >= 11 is 0. The van der Waals surface area contributed by atoms with Crippen LogP contribution in [0.2, 0.25) is 0 Å². The zero-order valence-electron chi connectivity index (χ0n) is 11.4. The number of allylic oxidation sites excluding steroid dienone is 1. The summed E-state index contributed by atoms with van der Waals surface area (Å²) in [5.74, 6) is -0.199. The molecule has 5 nitrogen and oxygen atoms in total. The standard InChI is InChI=1S/C16H15N3O2/c1-2-4-12-5-3-6-14(15(12)20)11-18-19-16(21)13-7-9-17-10-8-13/h2-3,5-11,20H,1,4H2,(H,19,21). The highest BCUT2D eigenvalue weighted by atomic mass is 16.3. The molecule has 0 atom stereocenters. The van der Waals surface area contributed by atoms with Crippen LogP contribution < -0.4 is 5.43 Å². The molecule has 2 rings (SSSR count). The fourth-order valence-corrected chi connectivity index (χ4v) is 1.76. The van der Waals surface area contributed by atoms with Gasteiger partial charge in [0.1, 0.15) is 5.75 Å². The van der Waals surface area contributed by atoms with E-state index in [9.17, 15) is 9.90 Å². The van der Waals surface area contributed by atoms with E-state index in [0.717, 1.165) is 5.56 Å². The third kappa shape index (κ3) is 3.76. The monoisotopic (exact) mass is 281 g/mol. The molecule has 0 aliphatic carbocycles. The van der Waals surface area contributed by atoms with Gasteiger partial charge in [0.15, 0.2) is 0 Å². The average Bonchev–Trinajstić information content (AvgIpc) is 2.52. The lowest BCUT2D eigenvalue weighted by Crippen LogP contribution is -2.17. The van der Waals surface area contributed by atoms with Crippen molar-refractivity contribution in [3.8, 4) is 5.75 Å². The molecule has 5 heteroatoms. The molecule has 1 heterocycles. The summed E-state index contributed by atoms with van der Waals surface area (Å²) in [6.07, 6.45) is 6.74. The van der Waals surface area contributed by atoms with Crippen molar-refractivity contribution in [2.45, 2.75) is 6.42 Å². The largest absolute Gasteiger partial charge is 0.507 e. The fraction of sp³-hybridized carbons (Fsp3) is 0.0625. The number of para-hydroxylation sites is 1. The number of nitrogens with one attached hydrogen (secondary N) is 1. The number of carbonyl (C=O) groups excluding carboxylic acids is 1. The number of hydrogen-bond donors (Lipinski definition) is 2. The molecule has 2 aromatic rings. The molecular formula is C16H15N3O2. The fourth-order valence-electron chi connectivity index (χ4n) is 1.76. The number of nitrogens with zero attached hydrogens (tertiary/aromatic N) is 2. The van der Waals surface area contributed by atoms with Crippen molar-refractivity contribution in [2.24, 2.45) is 5.10 Å². The number of aromatic hydroxyl groups is 1. The first kappa shape index (κ1) is 14.5. The SMILES string of the molecule is C=CCc1cccc(C=NNC(=O)c2ccncc2)c1O. The van der Waals surface area contributed by atoms with Gasteiger partial charge in [-0.1, -0.05) is 18.2 Å². The van der Waals surface area contributed by atoms with E-state index < -0.39 is 0 Å². The zero-order valence-corrected chi connectivity index (χ0v) is 11.4. The Morgan fingerprint density at radius 2 is 2.10 bits per heavy atom. The minimum absolute atomic E-state index is 0.138. The Hall–Kier alpha value is -2.95. The molecule has 0 unspecified atom stereocenters. The maximum Gasteiger partial charge on any atom is 0.271 e. The van der Waals surface area contributed by atoms with E-state index in [1.807, 2.05) is 12.1 Å². The first-order valence-electron chi connectivity index (χ1n) is 6.37. The molecule has 1 aromatic heterocycles. The molecule has 0 spiro atoms. The quantitative estimate of drug-likeness (QED) is 0.501. The van der Waals surface area contributed by atoms with Crippen LogP contribution in [-0.4, -0.2) is 22.2 Å². The molecule has 1 amide bonds. The second-order valence-electron chi connectivity index (χ2n) is 4.28. The Labute approximate surface area is 122 Å². The van der Waals surface area contributed by atoms with Crippen molar-refractivity contribution < 1.29 is 9.90 Å². The molecular weight excluding hydrogens is 266 g/mol. The third-order valence-electron chi connectivity index (χ3n) is 2.83. The van der Waals surface area contributed by atoms with Crippen LogP contribution in [0.25, 0.3) is 0 Å². The molecule has 0 saturated carbocycles. The van der Waals surface area contributed by atoms with Gasteiger partial charge in [-0.15, -0.1) is 6.58 Å². The number of pyridine rings is 1. The predicted octanol–water partition coefficient (Wildman–Crippen LogP) is 2.28. The van der Waals surface area contributed by atoms with Crippen molar-refractivity contribution in [3.05, 3.63) is 72.1 Å². The maximum absolute atomic E-state index is 11.8. The van der Waals surface area contributed by atoms with E-state index in [1.54, 1.807) is 24.3 Å². The van der Waals surface area contributed by atoms with Crippen molar-refractivity contribution in [3.63, 3.8) is 0 Å². The maximum atomic E-state index is 11.8. The van der Waals surface area contributed by atoms with Crippen LogP contribution in [0.15, 0.2) is 60.5 Å². The van der Waals surface area contributed by atoms with Crippen molar-refractivity contribution in [2.75, 3.05) is 0 Å². The van der Waals surface area contributed by atoms with E-state index in [-0.39, 0.29) is 11.7 Å². The van der Waals surface area contributed by atoms with Gasteiger partial charge in [0.05, 0.1) is 6.21 Å². The number of rotatable bonds is 5. The van der Waals surface area contributed by atoms with Gasteiger partial charge in [0.2, 0.25) is 0 Å². The Morgan fingerprint density at radius 1 is 1.33 bits per heavy atom. The van der Waals surface area contributed by atoms with Crippen LogP contribution >= 0.6 is 0 Å². The van der Waals surface area contributed by atoms with Gasteiger partial charge in [-0.05, 0) is 30.2 Å². The lowest BCUT2D eigenvalue weighted by Gasteiger charge is -2.04. The number of hydrazone groups is 1. The van der Waals surface area contributed by atoms with E-state index in [4.69, 9.17) is 0 Å². The summed E-state index contributed by atoms with van der Waals surface area (Å²) in [5, 5.41) is 13.9. The Morgan fingerprint density at radius 3 is 2.81 bits per heavy atom. The van der Waals surface area contributed by atoms with Gasteiger partial charge in [0.25, 0.3) is 5.91 Å². The zero-order chi connectivity index (χ0) is 15.1. The van der Waals surface area contributed by atoms with E-state index in [1.165, 1.54) is 18.6 Å². The van der Waals surface area contributed by atoms with Gasteiger partial charge in [-0.3, -0.25) is 9.78 Å². The van der Waals surface area contributed by atoms with Crippen molar-refractivity contribution in [1.82, 2.24) is 10.4 Å². The number of amides is 1. The van der Waals surface area contributed by atoms with Gasteiger partial charge < -0.3 is 5.11 Å². The van der Waals surface area contributed by atoms with Crippen LogP contribution in [-0.2, 0) is 6.42 Å². The number of benzene rings is 1. The average molecular weight is 281 g/mol. The second kappa shape index (κ2) is 7.00. The molecule has 0 radical (unpaired) electrons. The summed E-state index contributed by atoms with van der Waals surface area (Å²) < 4.78 is 0. The van der Waals surface area contributed by atoms with Crippen LogP contribution in [0.5, 0.6) is 5.75 Å². The number of hydrogen-bond acceptors (Lipinski definition) is 4. The first-order chi connectivity index (χ1) is 10.2. The molecule has 0 fully saturated rings. The summed E-state index contributed by atoms with van der Waals surface area (Å²) in [4.78, 5) is 15.6. The summed E-state index contributed by atoms with van der Waals surface area (Å²) in [6.45, 7) is 3.64. The van der Waals surface area contributed by atoms with Gasteiger partial charge >= 0.3 is 0 Å². The Bertz CT molecular complexity index is 666. The third-order valence-corrected chi connectivity index (χ3v) is 2.83. The Balaban J connectivity index is 2.07. The predicted molar refractivity (Wildman–Crippen MR) is 81.3 cm³/mol. The molecule has 0 aliphatic heterocycles. The number of carbonyl (C=O) groups is 1. The first-order valence-corrected chi connectivity index (χ1v) is 6.37. The number of phenols is 1. The van der Waals surface area contributed by atoms with Gasteiger partial charge in [0, 0.05) is 23.5 Å². The normalized spacial score (nSPS) is 10.5. The number of phenolic OH excluding ortho intramolecular Hbond substituents is 1. The van der Waals surface area contributed by atoms with E-state index in [0.29, 0.717) is 17.5 Å². The topological polar surface area (TPSA) is 74.6 Å². The summed E-state index contributed by atoms with van der Waals surface area (Å²) in [6, 6.07) is 8.51. The molecule has 0 bridgehead atoms.